The van der Waals surface area contributed by atoms with Crippen LogP contribution in [-0.4, -0.2) is 24.4 Å². The van der Waals surface area contributed by atoms with Crippen LogP contribution < -0.4 is 9.64 Å². The van der Waals surface area contributed by atoms with Gasteiger partial charge in [-0.1, -0.05) is 15.9 Å². The van der Waals surface area contributed by atoms with E-state index in [0.29, 0.717) is 11.8 Å². The zero-order valence-corrected chi connectivity index (χ0v) is 12.0. The molecule has 0 bridgehead atoms. The number of carbonyl (C=O) groups excluding carboxylic acids is 1. The molecule has 1 rings (SSSR count). The predicted molar refractivity (Wildman–Crippen MR) is 74.0 cm³/mol. The van der Waals surface area contributed by atoms with Gasteiger partial charge in [-0.2, -0.15) is 0 Å². The van der Waals surface area contributed by atoms with Crippen LogP contribution in [0.3, 0.4) is 0 Å². The SMILES string of the molecule is COc1ccc(N(C(=O)CCBr)C(C)C)cc1. The summed E-state index contributed by atoms with van der Waals surface area (Å²) in [7, 11) is 1.63. The van der Waals surface area contributed by atoms with Crippen LogP contribution in [0.5, 0.6) is 5.75 Å². The van der Waals surface area contributed by atoms with E-state index in [0.717, 1.165) is 11.4 Å². The second-order valence-electron chi connectivity index (χ2n) is 3.99. The predicted octanol–water partition coefficient (Wildman–Crippen LogP) is 3.22. The Hall–Kier alpha value is -1.03. The van der Waals surface area contributed by atoms with Crippen LogP contribution in [0, 0.1) is 0 Å². The normalized spacial score (nSPS) is 10.4. The quantitative estimate of drug-likeness (QED) is 0.781. The molecule has 0 saturated carbocycles. The van der Waals surface area contributed by atoms with Crippen molar-refractivity contribution >= 4 is 27.5 Å². The number of benzene rings is 1. The van der Waals surface area contributed by atoms with Crippen molar-refractivity contribution in [1.82, 2.24) is 0 Å². The van der Waals surface area contributed by atoms with Gasteiger partial charge >= 0.3 is 0 Å². The van der Waals surface area contributed by atoms with Gasteiger partial charge in [0.1, 0.15) is 5.75 Å². The van der Waals surface area contributed by atoms with Gasteiger partial charge in [-0.3, -0.25) is 4.79 Å². The number of carbonyl (C=O) groups is 1. The molecule has 0 radical (unpaired) electrons. The van der Waals surface area contributed by atoms with E-state index in [-0.39, 0.29) is 11.9 Å². The number of halogens is 1. The van der Waals surface area contributed by atoms with Crippen LogP contribution in [0.1, 0.15) is 20.3 Å². The van der Waals surface area contributed by atoms with Gasteiger partial charge in [0.15, 0.2) is 0 Å². The zero-order chi connectivity index (χ0) is 12.8. The Kier molecular flexibility index (Phi) is 5.48. The van der Waals surface area contributed by atoms with Gasteiger partial charge in [-0.05, 0) is 38.1 Å². The number of rotatable bonds is 5. The van der Waals surface area contributed by atoms with E-state index in [2.05, 4.69) is 15.9 Å². The Morgan fingerprint density at radius 3 is 2.35 bits per heavy atom. The van der Waals surface area contributed by atoms with Gasteiger partial charge in [-0.25, -0.2) is 0 Å². The van der Waals surface area contributed by atoms with Crippen molar-refractivity contribution in [3.8, 4) is 5.75 Å². The maximum atomic E-state index is 12.0. The standard InChI is InChI=1S/C13H18BrNO2/c1-10(2)15(13(16)8-9-14)11-4-6-12(17-3)7-5-11/h4-7,10H,8-9H2,1-3H3. The minimum absolute atomic E-state index is 0.127. The first-order valence-electron chi connectivity index (χ1n) is 5.62. The number of hydrogen-bond acceptors (Lipinski definition) is 2. The molecule has 0 spiro atoms. The first kappa shape index (κ1) is 14.0. The molecule has 0 atom stereocenters. The van der Waals surface area contributed by atoms with Crippen molar-refractivity contribution in [3.63, 3.8) is 0 Å². The zero-order valence-electron chi connectivity index (χ0n) is 10.4. The average Bonchev–Trinajstić information content (AvgIpc) is 2.30. The summed E-state index contributed by atoms with van der Waals surface area (Å²) in [5.74, 6) is 0.924. The summed E-state index contributed by atoms with van der Waals surface area (Å²) in [6.45, 7) is 4.02. The van der Waals surface area contributed by atoms with Crippen molar-refractivity contribution in [2.24, 2.45) is 0 Å². The van der Waals surface area contributed by atoms with Gasteiger partial charge in [0.05, 0.1) is 7.11 Å². The van der Waals surface area contributed by atoms with E-state index in [1.165, 1.54) is 0 Å². The lowest BCUT2D eigenvalue weighted by atomic mass is 10.2. The van der Waals surface area contributed by atoms with Gasteiger partial charge in [0.25, 0.3) is 0 Å². The van der Waals surface area contributed by atoms with Crippen molar-refractivity contribution in [3.05, 3.63) is 24.3 Å². The summed E-state index contributed by atoms with van der Waals surface area (Å²) in [5.41, 5.74) is 0.909. The molecule has 0 fully saturated rings. The highest BCUT2D eigenvalue weighted by Gasteiger charge is 2.18. The van der Waals surface area contributed by atoms with E-state index in [1.54, 1.807) is 12.0 Å². The van der Waals surface area contributed by atoms with Crippen LogP contribution in [0.4, 0.5) is 5.69 Å². The molecule has 0 unspecified atom stereocenters. The third kappa shape index (κ3) is 3.73. The third-order valence-electron chi connectivity index (χ3n) is 2.44. The largest absolute Gasteiger partial charge is 0.497 e. The summed E-state index contributed by atoms with van der Waals surface area (Å²) in [5, 5.41) is 0.686. The molecule has 94 valence electrons. The van der Waals surface area contributed by atoms with E-state index in [4.69, 9.17) is 4.74 Å². The number of anilines is 1. The number of amides is 1. The smallest absolute Gasteiger partial charge is 0.228 e. The first-order valence-corrected chi connectivity index (χ1v) is 6.74. The average molecular weight is 300 g/mol. The molecule has 0 aliphatic rings. The lowest BCUT2D eigenvalue weighted by molar-refractivity contribution is -0.118. The van der Waals surface area contributed by atoms with E-state index in [1.807, 2.05) is 38.1 Å². The van der Waals surface area contributed by atoms with Crippen LogP contribution in [0.25, 0.3) is 0 Å². The molecule has 3 nitrogen and oxygen atoms in total. The minimum Gasteiger partial charge on any atom is -0.497 e. The second-order valence-corrected chi connectivity index (χ2v) is 4.79. The van der Waals surface area contributed by atoms with Crippen LogP contribution in [0.15, 0.2) is 24.3 Å². The molecule has 4 heteroatoms. The topological polar surface area (TPSA) is 29.5 Å². The minimum atomic E-state index is 0.127. The van der Waals surface area contributed by atoms with Gasteiger partial charge in [0.2, 0.25) is 5.91 Å². The van der Waals surface area contributed by atoms with Gasteiger partial charge < -0.3 is 9.64 Å². The molecular formula is C13H18BrNO2. The first-order chi connectivity index (χ1) is 8.10. The molecule has 0 saturated heterocycles. The van der Waals surface area contributed by atoms with E-state index >= 15 is 0 Å². The Balaban J connectivity index is 2.93. The summed E-state index contributed by atoms with van der Waals surface area (Å²) in [6, 6.07) is 7.70. The number of methoxy groups -OCH3 is 1. The van der Waals surface area contributed by atoms with E-state index in [9.17, 15) is 4.79 Å². The highest BCUT2D eigenvalue weighted by Crippen LogP contribution is 2.22. The second kappa shape index (κ2) is 6.64. The number of nitrogens with zero attached hydrogens (tertiary/aromatic N) is 1. The highest BCUT2D eigenvalue weighted by atomic mass is 79.9. The molecule has 0 heterocycles. The highest BCUT2D eigenvalue weighted by molar-refractivity contribution is 9.09. The van der Waals surface area contributed by atoms with Crippen molar-refractivity contribution < 1.29 is 9.53 Å². The van der Waals surface area contributed by atoms with Crippen LogP contribution in [0.2, 0.25) is 0 Å². The fourth-order valence-electron chi connectivity index (χ4n) is 1.67. The molecule has 0 aliphatic carbocycles. The summed E-state index contributed by atoms with van der Waals surface area (Å²) in [4.78, 5) is 13.8. The lowest BCUT2D eigenvalue weighted by Gasteiger charge is -2.26. The molecular weight excluding hydrogens is 282 g/mol. The molecule has 1 aromatic rings. The van der Waals surface area contributed by atoms with Crippen molar-refractivity contribution in [2.45, 2.75) is 26.3 Å². The molecule has 0 aliphatic heterocycles. The fourth-order valence-corrected chi connectivity index (χ4v) is 2.01. The van der Waals surface area contributed by atoms with Gasteiger partial charge in [0, 0.05) is 23.5 Å². The van der Waals surface area contributed by atoms with E-state index < -0.39 is 0 Å². The number of hydrogen-bond donors (Lipinski definition) is 0. The monoisotopic (exact) mass is 299 g/mol. The third-order valence-corrected chi connectivity index (χ3v) is 2.84. The molecule has 1 aromatic carbocycles. The Morgan fingerprint density at radius 2 is 1.94 bits per heavy atom. The van der Waals surface area contributed by atoms with Crippen LogP contribution >= 0.6 is 15.9 Å². The van der Waals surface area contributed by atoms with Crippen LogP contribution in [-0.2, 0) is 4.79 Å². The lowest BCUT2D eigenvalue weighted by Crippen LogP contribution is -2.37. The molecule has 0 N–H and O–H groups in total. The Morgan fingerprint density at radius 1 is 1.35 bits per heavy atom. The Bertz CT molecular complexity index is 362. The van der Waals surface area contributed by atoms with Crippen molar-refractivity contribution in [2.75, 3.05) is 17.3 Å². The summed E-state index contributed by atoms with van der Waals surface area (Å²) < 4.78 is 5.11. The van der Waals surface area contributed by atoms with Gasteiger partial charge in [-0.15, -0.1) is 0 Å². The van der Waals surface area contributed by atoms with Crippen molar-refractivity contribution in [1.29, 1.82) is 0 Å². The maximum Gasteiger partial charge on any atom is 0.228 e. The Labute approximate surface area is 111 Å². The number of ether oxygens (including phenoxy) is 1. The fraction of sp³-hybridized carbons (Fsp3) is 0.462. The molecule has 17 heavy (non-hydrogen) atoms. The summed E-state index contributed by atoms with van der Waals surface area (Å²) >= 11 is 3.30. The summed E-state index contributed by atoms with van der Waals surface area (Å²) in [6.07, 6.45) is 0.504. The molecule has 0 aromatic heterocycles. The maximum absolute atomic E-state index is 12.0. The number of alkyl halides is 1. The molecule has 1 amide bonds.